The van der Waals surface area contributed by atoms with Crippen LogP contribution in [0.1, 0.15) is 28.8 Å². The Morgan fingerprint density at radius 1 is 1.35 bits per heavy atom. The number of aromatic nitrogens is 1. The summed E-state index contributed by atoms with van der Waals surface area (Å²) in [7, 11) is 1.54. The molecule has 1 aromatic carbocycles. The van der Waals surface area contributed by atoms with Crippen molar-refractivity contribution in [3.8, 4) is 5.88 Å². The fourth-order valence-corrected chi connectivity index (χ4v) is 2.73. The minimum absolute atomic E-state index is 0.0237. The Balaban J connectivity index is 2.27. The van der Waals surface area contributed by atoms with Crippen molar-refractivity contribution < 1.29 is 9.53 Å². The Morgan fingerprint density at radius 2 is 2.10 bits per heavy atom. The van der Waals surface area contributed by atoms with Gasteiger partial charge in [-0.1, -0.05) is 40.5 Å². The molecular formula is C15H13BrClNO2. The summed E-state index contributed by atoms with van der Waals surface area (Å²) in [6.45, 7) is 1.84. The van der Waals surface area contributed by atoms with Crippen molar-refractivity contribution in [3.05, 3.63) is 57.2 Å². The predicted octanol–water partition coefficient (Wildman–Crippen LogP) is 4.49. The first-order valence-corrected chi connectivity index (χ1v) is 7.19. The summed E-state index contributed by atoms with van der Waals surface area (Å²) in [5.74, 6) is 0.131. The van der Waals surface area contributed by atoms with Gasteiger partial charge in [0.25, 0.3) is 0 Å². The Morgan fingerprint density at radius 3 is 2.65 bits per heavy atom. The lowest BCUT2D eigenvalue weighted by Gasteiger charge is -2.13. The molecule has 0 amide bonds. The first-order chi connectivity index (χ1) is 9.52. The van der Waals surface area contributed by atoms with Gasteiger partial charge in [0.1, 0.15) is 0 Å². The Hall–Kier alpha value is -1.39. The van der Waals surface area contributed by atoms with Gasteiger partial charge < -0.3 is 4.74 Å². The van der Waals surface area contributed by atoms with Crippen molar-refractivity contribution in [2.24, 2.45) is 0 Å². The van der Waals surface area contributed by atoms with E-state index in [1.807, 2.05) is 19.1 Å². The molecule has 1 aromatic heterocycles. The Bertz CT molecular complexity index is 628. The number of benzene rings is 1. The van der Waals surface area contributed by atoms with Crippen LogP contribution in [-0.4, -0.2) is 17.9 Å². The summed E-state index contributed by atoms with van der Waals surface area (Å²) in [4.78, 5) is 16.5. The minimum atomic E-state index is -0.328. The summed E-state index contributed by atoms with van der Waals surface area (Å²) in [6, 6.07) is 8.89. The van der Waals surface area contributed by atoms with Crippen molar-refractivity contribution >= 4 is 33.3 Å². The highest BCUT2D eigenvalue weighted by Crippen LogP contribution is 2.29. The van der Waals surface area contributed by atoms with Crippen LogP contribution in [0.15, 0.2) is 41.0 Å². The maximum Gasteiger partial charge on any atom is 0.212 e. The minimum Gasteiger partial charge on any atom is -0.481 e. The van der Waals surface area contributed by atoms with Crippen LogP contribution >= 0.6 is 27.5 Å². The molecule has 0 aliphatic heterocycles. The number of ether oxygens (including phenoxy) is 1. The fraction of sp³-hybridized carbons (Fsp3) is 0.200. The van der Waals surface area contributed by atoms with Gasteiger partial charge in [-0.05, 0) is 23.8 Å². The van der Waals surface area contributed by atoms with Crippen LogP contribution in [0.25, 0.3) is 0 Å². The van der Waals surface area contributed by atoms with Crippen LogP contribution in [0.2, 0.25) is 5.02 Å². The molecule has 0 saturated heterocycles. The highest BCUT2D eigenvalue weighted by Gasteiger charge is 2.20. The number of ketones is 1. The van der Waals surface area contributed by atoms with Gasteiger partial charge in [0.2, 0.25) is 5.88 Å². The zero-order valence-corrected chi connectivity index (χ0v) is 13.4. The van der Waals surface area contributed by atoms with E-state index in [2.05, 4.69) is 20.9 Å². The van der Waals surface area contributed by atoms with E-state index >= 15 is 0 Å². The van der Waals surface area contributed by atoms with Gasteiger partial charge in [-0.15, -0.1) is 0 Å². The molecule has 20 heavy (non-hydrogen) atoms. The second-order valence-corrected chi connectivity index (χ2v) is 5.66. The maximum atomic E-state index is 12.4. The second kappa shape index (κ2) is 6.37. The molecule has 0 aliphatic carbocycles. The number of carbonyl (C=O) groups excluding carboxylic acids is 1. The SMILES string of the molecule is COc1ccc(C(=O)C(C)c2ccc(Br)cc2Cl)cn1. The lowest BCUT2D eigenvalue weighted by molar-refractivity contribution is 0.0965. The molecule has 0 fully saturated rings. The largest absolute Gasteiger partial charge is 0.481 e. The molecule has 2 rings (SSSR count). The van der Waals surface area contributed by atoms with E-state index in [0.29, 0.717) is 16.5 Å². The average molecular weight is 355 g/mol. The zero-order valence-electron chi connectivity index (χ0n) is 11.1. The maximum absolute atomic E-state index is 12.4. The van der Waals surface area contributed by atoms with Gasteiger partial charge in [0.15, 0.2) is 5.78 Å². The standard InChI is InChI=1S/C15H13BrClNO2/c1-9(12-5-4-11(16)7-13(12)17)15(19)10-3-6-14(20-2)18-8-10/h3-9H,1-2H3. The first-order valence-electron chi connectivity index (χ1n) is 6.02. The van der Waals surface area contributed by atoms with Crippen molar-refractivity contribution in [2.75, 3.05) is 7.11 Å². The van der Waals surface area contributed by atoms with Gasteiger partial charge in [0, 0.05) is 33.2 Å². The van der Waals surface area contributed by atoms with E-state index in [1.165, 1.54) is 13.3 Å². The number of rotatable bonds is 4. The lowest BCUT2D eigenvalue weighted by atomic mass is 9.93. The lowest BCUT2D eigenvalue weighted by Crippen LogP contribution is -2.10. The molecule has 0 radical (unpaired) electrons. The molecule has 1 heterocycles. The van der Waals surface area contributed by atoms with E-state index in [0.717, 1.165) is 10.0 Å². The Labute approximate surface area is 131 Å². The van der Waals surface area contributed by atoms with Crippen LogP contribution < -0.4 is 4.74 Å². The van der Waals surface area contributed by atoms with Gasteiger partial charge >= 0.3 is 0 Å². The number of nitrogens with zero attached hydrogens (tertiary/aromatic N) is 1. The summed E-state index contributed by atoms with van der Waals surface area (Å²) in [5.41, 5.74) is 1.34. The topological polar surface area (TPSA) is 39.2 Å². The number of methoxy groups -OCH3 is 1. The normalized spacial score (nSPS) is 12.0. The first kappa shape index (κ1) is 15.0. The molecular weight excluding hydrogens is 342 g/mol. The number of pyridine rings is 1. The summed E-state index contributed by atoms with van der Waals surface area (Å²) < 4.78 is 5.86. The zero-order chi connectivity index (χ0) is 14.7. The summed E-state index contributed by atoms with van der Waals surface area (Å²) in [5, 5.41) is 0.571. The number of hydrogen-bond acceptors (Lipinski definition) is 3. The molecule has 0 N–H and O–H groups in total. The summed E-state index contributed by atoms with van der Waals surface area (Å²) >= 11 is 9.54. The third kappa shape index (κ3) is 3.19. The highest BCUT2D eigenvalue weighted by molar-refractivity contribution is 9.10. The second-order valence-electron chi connectivity index (χ2n) is 4.34. The third-order valence-corrected chi connectivity index (χ3v) is 3.87. The summed E-state index contributed by atoms with van der Waals surface area (Å²) in [6.07, 6.45) is 1.52. The molecule has 104 valence electrons. The number of hydrogen-bond donors (Lipinski definition) is 0. The molecule has 1 atom stereocenters. The molecule has 1 unspecified atom stereocenters. The number of halogens is 2. The highest BCUT2D eigenvalue weighted by atomic mass is 79.9. The van der Waals surface area contributed by atoms with E-state index in [-0.39, 0.29) is 11.7 Å². The van der Waals surface area contributed by atoms with E-state index in [1.54, 1.807) is 18.2 Å². The number of carbonyl (C=O) groups is 1. The monoisotopic (exact) mass is 353 g/mol. The van der Waals surface area contributed by atoms with Crippen LogP contribution in [0.5, 0.6) is 5.88 Å². The van der Waals surface area contributed by atoms with Crippen LogP contribution in [-0.2, 0) is 0 Å². The van der Waals surface area contributed by atoms with E-state index in [4.69, 9.17) is 16.3 Å². The van der Waals surface area contributed by atoms with Gasteiger partial charge in [-0.25, -0.2) is 4.98 Å². The molecule has 3 nitrogen and oxygen atoms in total. The van der Waals surface area contributed by atoms with Crippen molar-refractivity contribution in [2.45, 2.75) is 12.8 Å². The quantitative estimate of drug-likeness (QED) is 0.759. The molecule has 0 spiro atoms. The van der Waals surface area contributed by atoms with E-state index in [9.17, 15) is 4.79 Å². The molecule has 5 heteroatoms. The molecule has 0 saturated carbocycles. The fourth-order valence-electron chi connectivity index (χ4n) is 1.89. The van der Waals surface area contributed by atoms with Gasteiger partial charge in [-0.3, -0.25) is 4.79 Å². The molecule has 0 bridgehead atoms. The predicted molar refractivity (Wildman–Crippen MR) is 82.7 cm³/mol. The van der Waals surface area contributed by atoms with Crippen LogP contribution in [0.3, 0.4) is 0 Å². The Kier molecular flexibility index (Phi) is 4.78. The van der Waals surface area contributed by atoms with Crippen molar-refractivity contribution in [3.63, 3.8) is 0 Å². The van der Waals surface area contributed by atoms with Gasteiger partial charge in [0.05, 0.1) is 7.11 Å². The van der Waals surface area contributed by atoms with Crippen molar-refractivity contribution in [1.82, 2.24) is 4.98 Å². The number of Topliss-reactive ketones (excluding diaryl/α,β-unsaturated/α-hetero) is 1. The third-order valence-electron chi connectivity index (χ3n) is 3.05. The molecule has 2 aromatic rings. The van der Waals surface area contributed by atoms with E-state index < -0.39 is 0 Å². The van der Waals surface area contributed by atoms with Crippen LogP contribution in [0, 0.1) is 0 Å². The average Bonchev–Trinajstić information content (AvgIpc) is 2.46. The van der Waals surface area contributed by atoms with Crippen LogP contribution in [0.4, 0.5) is 0 Å². The molecule has 0 aliphatic rings. The van der Waals surface area contributed by atoms with Gasteiger partial charge in [-0.2, -0.15) is 0 Å². The smallest absolute Gasteiger partial charge is 0.212 e. The van der Waals surface area contributed by atoms with Crippen molar-refractivity contribution in [1.29, 1.82) is 0 Å².